The van der Waals surface area contributed by atoms with Crippen LogP contribution in [0.4, 0.5) is 5.69 Å². The first kappa shape index (κ1) is 13.4. The Morgan fingerprint density at radius 3 is 2.52 bits per heavy atom. The maximum Gasteiger partial charge on any atom is 0.253 e. The van der Waals surface area contributed by atoms with Gasteiger partial charge in [0, 0.05) is 24.8 Å². The summed E-state index contributed by atoms with van der Waals surface area (Å²) in [5, 5.41) is 2.91. The average molecular weight is 280 g/mol. The third-order valence-electron chi connectivity index (χ3n) is 3.73. The molecule has 2 aromatic rings. The van der Waals surface area contributed by atoms with E-state index in [2.05, 4.69) is 5.32 Å². The van der Waals surface area contributed by atoms with E-state index in [1.165, 1.54) is 0 Å². The quantitative estimate of drug-likeness (QED) is 0.919. The summed E-state index contributed by atoms with van der Waals surface area (Å²) in [5.74, 6) is -0.466. The van der Waals surface area contributed by atoms with Crippen molar-refractivity contribution in [3.8, 4) is 0 Å². The summed E-state index contributed by atoms with van der Waals surface area (Å²) in [4.78, 5) is 26.3. The van der Waals surface area contributed by atoms with Gasteiger partial charge in [0.25, 0.3) is 5.91 Å². The van der Waals surface area contributed by atoms with Gasteiger partial charge in [0.05, 0.1) is 5.92 Å². The second kappa shape index (κ2) is 5.40. The maximum atomic E-state index is 12.5. The normalized spacial score (nSPS) is 17.3. The van der Waals surface area contributed by atoms with Gasteiger partial charge in [0.15, 0.2) is 0 Å². The molecule has 2 aromatic carbocycles. The molecule has 0 saturated carbocycles. The van der Waals surface area contributed by atoms with Gasteiger partial charge in [-0.1, -0.05) is 36.4 Å². The third kappa shape index (κ3) is 2.52. The minimum absolute atomic E-state index is 0.0330. The van der Waals surface area contributed by atoms with E-state index in [1.54, 1.807) is 18.0 Å². The number of anilines is 1. The Balaban J connectivity index is 1.90. The minimum atomic E-state index is -0.343. The van der Waals surface area contributed by atoms with E-state index in [0.29, 0.717) is 12.1 Å². The van der Waals surface area contributed by atoms with Crippen molar-refractivity contribution in [1.29, 1.82) is 0 Å². The Hall–Kier alpha value is -2.62. The number of para-hydroxylation sites is 1. The van der Waals surface area contributed by atoms with Crippen molar-refractivity contribution in [2.24, 2.45) is 0 Å². The van der Waals surface area contributed by atoms with Crippen molar-refractivity contribution >= 4 is 17.5 Å². The lowest BCUT2D eigenvalue weighted by atomic mass is 9.89. The van der Waals surface area contributed by atoms with Crippen LogP contribution >= 0.6 is 0 Å². The lowest BCUT2D eigenvalue weighted by Crippen LogP contribution is -2.41. The molecule has 1 unspecified atom stereocenters. The number of rotatable bonds is 2. The van der Waals surface area contributed by atoms with Crippen molar-refractivity contribution in [3.05, 3.63) is 65.7 Å². The van der Waals surface area contributed by atoms with Crippen LogP contribution < -0.4 is 5.32 Å². The highest BCUT2D eigenvalue weighted by atomic mass is 16.2. The highest BCUT2D eigenvalue weighted by Gasteiger charge is 2.33. The van der Waals surface area contributed by atoms with Crippen LogP contribution in [0.5, 0.6) is 0 Å². The first-order chi connectivity index (χ1) is 10.2. The van der Waals surface area contributed by atoms with Gasteiger partial charge in [-0.25, -0.2) is 0 Å². The predicted molar refractivity (Wildman–Crippen MR) is 81.2 cm³/mol. The number of nitrogens with zero attached hydrogens (tertiary/aromatic N) is 1. The summed E-state index contributed by atoms with van der Waals surface area (Å²) < 4.78 is 0. The maximum absolute atomic E-state index is 12.5. The molecular weight excluding hydrogens is 264 g/mol. The first-order valence-electron chi connectivity index (χ1n) is 6.87. The second-order valence-electron chi connectivity index (χ2n) is 5.18. The molecule has 1 heterocycles. The molecule has 0 spiro atoms. The third-order valence-corrected chi connectivity index (χ3v) is 3.73. The smallest absolute Gasteiger partial charge is 0.253 e. The fourth-order valence-electron chi connectivity index (χ4n) is 2.63. The van der Waals surface area contributed by atoms with Gasteiger partial charge in [0.1, 0.15) is 0 Å². The molecule has 0 radical (unpaired) electrons. The Bertz CT molecular complexity index is 682. The van der Waals surface area contributed by atoms with E-state index in [-0.39, 0.29) is 17.7 Å². The Morgan fingerprint density at radius 2 is 1.76 bits per heavy atom. The van der Waals surface area contributed by atoms with Crippen molar-refractivity contribution in [3.63, 3.8) is 0 Å². The molecule has 1 aliphatic rings. The van der Waals surface area contributed by atoms with E-state index in [9.17, 15) is 9.59 Å². The van der Waals surface area contributed by atoms with E-state index in [4.69, 9.17) is 0 Å². The highest BCUT2D eigenvalue weighted by Crippen LogP contribution is 2.28. The van der Waals surface area contributed by atoms with Crippen molar-refractivity contribution < 1.29 is 9.59 Å². The lowest BCUT2D eigenvalue weighted by Gasteiger charge is -2.31. The average Bonchev–Trinajstić information content (AvgIpc) is 2.52. The van der Waals surface area contributed by atoms with Crippen molar-refractivity contribution in [1.82, 2.24) is 4.90 Å². The highest BCUT2D eigenvalue weighted by molar-refractivity contribution is 6.03. The largest absolute Gasteiger partial charge is 0.341 e. The van der Waals surface area contributed by atoms with Gasteiger partial charge >= 0.3 is 0 Å². The van der Waals surface area contributed by atoms with Crippen LogP contribution in [0.3, 0.4) is 0 Å². The van der Waals surface area contributed by atoms with E-state index >= 15 is 0 Å². The van der Waals surface area contributed by atoms with Crippen LogP contribution in [0, 0.1) is 0 Å². The number of carbonyl (C=O) groups is 2. The van der Waals surface area contributed by atoms with Gasteiger partial charge in [-0.2, -0.15) is 0 Å². The summed E-state index contributed by atoms with van der Waals surface area (Å²) in [6.07, 6.45) is 0. The van der Waals surface area contributed by atoms with Crippen LogP contribution in [0.2, 0.25) is 0 Å². The van der Waals surface area contributed by atoms with Crippen molar-refractivity contribution in [2.45, 2.75) is 5.92 Å². The molecule has 2 amide bonds. The standard InChI is InChI=1S/C17H16N2O2/c1-19-11-15(13-9-5-6-10-14(13)17(19)21)16(20)18-12-7-3-2-4-8-12/h2-10,15H,11H2,1H3,(H,18,20). The number of nitrogens with one attached hydrogen (secondary N) is 1. The molecule has 0 aromatic heterocycles. The van der Waals surface area contributed by atoms with Gasteiger partial charge in [0.2, 0.25) is 5.91 Å². The lowest BCUT2D eigenvalue weighted by molar-refractivity contribution is -0.117. The summed E-state index contributed by atoms with van der Waals surface area (Å²) in [5.41, 5.74) is 2.17. The molecule has 106 valence electrons. The molecule has 21 heavy (non-hydrogen) atoms. The van der Waals surface area contributed by atoms with Crippen LogP contribution in [-0.2, 0) is 4.79 Å². The Kier molecular flexibility index (Phi) is 3.44. The van der Waals surface area contributed by atoms with Crippen LogP contribution in [0.25, 0.3) is 0 Å². The number of hydrogen-bond acceptors (Lipinski definition) is 2. The number of fused-ring (bicyclic) bond motifs is 1. The SMILES string of the molecule is CN1CC(C(=O)Nc2ccccc2)c2ccccc2C1=O. The molecule has 0 aliphatic carbocycles. The van der Waals surface area contributed by atoms with Gasteiger partial charge in [-0.15, -0.1) is 0 Å². The zero-order valence-corrected chi connectivity index (χ0v) is 11.7. The van der Waals surface area contributed by atoms with Gasteiger partial charge in [-0.3, -0.25) is 9.59 Å². The summed E-state index contributed by atoms with van der Waals surface area (Å²) in [6.45, 7) is 0.397. The molecule has 4 heteroatoms. The fraction of sp³-hybridized carbons (Fsp3) is 0.176. The van der Waals surface area contributed by atoms with Crippen LogP contribution in [0.1, 0.15) is 21.8 Å². The first-order valence-corrected chi connectivity index (χ1v) is 6.87. The van der Waals surface area contributed by atoms with Crippen LogP contribution in [-0.4, -0.2) is 30.3 Å². The molecule has 4 nitrogen and oxygen atoms in total. The minimum Gasteiger partial charge on any atom is -0.341 e. The molecule has 1 aliphatic heterocycles. The molecule has 1 N–H and O–H groups in total. The van der Waals surface area contributed by atoms with Gasteiger partial charge in [-0.05, 0) is 23.8 Å². The van der Waals surface area contributed by atoms with Crippen molar-refractivity contribution in [2.75, 3.05) is 18.9 Å². The molecule has 0 bridgehead atoms. The molecule has 0 saturated heterocycles. The second-order valence-corrected chi connectivity index (χ2v) is 5.18. The number of amides is 2. The molecule has 0 fully saturated rings. The number of carbonyl (C=O) groups excluding carboxylic acids is 2. The zero-order valence-electron chi connectivity index (χ0n) is 11.7. The zero-order chi connectivity index (χ0) is 14.8. The number of benzene rings is 2. The van der Waals surface area contributed by atoms with E-state index < -0.39 is 0 Å². The summed E-state index contributed by atoms with van der Waals surface area (Å²) in [7, 11) is 1.72. The number of likely N-dealkylation sites (N-methyl/N-ethyl adjacent to an activating group) is 1. The molecule has 3 rings (SSSR count). The molecule has 1 atom stereocenters. The topological polar surface area (TPSA) is 49.4 Å². The van der Waals surface area contributed by atoms with Gasteiger partial charge < -0.3 is 10.2 Å². The summed E-state index contributed by atoms with van der Waals surface area (Å²) >= 11 is 0. The van der Waals surface area contributed by atoms with Crippen LogP contribution in [0.15, 0.2) is 54.6 Å². The van der Waals surface area contributed by atoms with E-state index in [0.717, 1.165) is 11.3 Å². The predicted octanol–water partition coefficient (Wildman–Crippen LogP) is 2.49. The van der Waals surface area contributed by atoms with E-state index in [1.807, 2.05) is 48.5 Å². The Morgan fingerprint density at radius 1 is 1.10 bits per heavy atom. The summed E-state index contributed by atoms with van der Waals surface area (Å²) in [6, 6.07) is 16.7. The number of hydrogen-bond donors (Lipinski definition) is 1. The molecular formula is C17H16N2O2. The fourth-order valence-corrected chi connectivity index (χ4v) is 2.63. The monoisotopic (exact) mass is 280 g/mol. The Labute approximate surface area is 123 Å².